The number of carbonyl (C=O) groups is 1. The Labute approximate surface area is 163 Å². The van der Waals surface area contributed by atoms with E-state index < -0.39 is 11.4 Å². The zero-order valence-corrected chi connectivity index (χ0v) is 16.3. The van der Waals surface area contributed by atoms with Crippen LogP contribution < -0.4 is 5.73 Å². The number of ether oxygens (including phenoxy) is 1. The van der Waals surface area contributed by atoms with E-state index in [1.807, 2.05) is 20.8 Å². The van der Waals surface area contributed by atoms with Crippen LogP contribution in [0.2, 0.25) is 0 Å². The number of anilines is 1. The van der Waals surface area contributed by atoms with E-state index in [1.54, 1.807) is 11.0 Å². The van der Waals surface area contributed by atoms with Gasteiger partial charge in [0.05, 0.1) is 17.0 Å². The van der Waals surface area contributed by atoms with E-state index in [-0.39, 0.29) is 35.0 Å². The van der Waals surface area contributed by atoms with Crippen LogP contribution in [0.15, 0.2) is 24.3 Å². The van der Waals surface area contributed by atoms with E-state index in [4.69, 9.17) is 10.5 Å². The molecule has 8 heteroatoms. The number of halogens is 1. The predicted molar refractivity (Wildman–Crippen MR) is 103 cm³/mol. The first kappa shape index (κ1) is 19.9. The Kier molecular flexibility index (Phi) is 5.40. The number of nitrogens with zero attached hydrogens (tertiary/aromatic N) is 3. The molecule has 1 aromatic heterocycles. The van der Waals surface area contributed by atoms with Crippen LogP contribution in [0.1, 0.15) is 45.2 Å². The van der Waals surface area contributed by atoms with E-state index in [2.05, 4.69) is 9.97 Å². The lowest BCUT2D eigenvalue weighted by Crippen LogP contribution is -2.42. The van der Waals surface area contributed by atoms with Crippen molar-refractivity contribution in [3.05, 3.63) is 35.8 Å². The zero-order valence-electron chi connectivity index (χ0n) is 16.3. The van der Waals surface area contributed by atoms with Crippen LogP contribution in [-0.4, -0.2) is 44.8 Å². The van der Waals surface area contributed by atoms with Crippen LogP contribution in [0.3, 0.4) is 0 Å². The average molecular weight is 388 g/mol. The number of phenols is 1. The van der Waals surface area contributed by atoms with Crippen molar-refractivity contribution in [1.82, 2.24) is 14.9 Å². The highest BCUT2D eigenvalue weighted by Gasteiger charge is 2.29. The monoisotopic (exact) mass is 388 g/mol. The normalized spacial score (nSPS) is 17.4. The number of benzene rings is 1. The van der Waals surface area contributed by atoms with Crippen molar-refractivity contribution < 1.29 is 19.0 Å². The molecule has 28 heavy (non-hydrogen) atoms. The molecule has 2 heterocycles. The Bertz CT molecular complexity index is 862. The summed E-state index contributed by atoms with van der Waals surface area (Å²) in [6, 6.07) is 5.68. The van der Waals surface area contributed by atoms with Crippen molar-refractivity contribution in [2.75, 3.05) is 18.8 Å². The lowest BCUT2D eigenvalue weighted by atomic mass is 9.93. The minimum Gasteiger partial charge on any atom is -0.507 e. The second-order valence-electron chi connectivity index (χ2n) is 7.94. The van der Waals surface area contributed by atoms with E-state index in [0.29, 0.717) is 18.8 Å². The maximum absolute atomic E-state index is 14.2. The number of aromatic nitrogens is 2. The average Bonchev–Trinajstić information content (AvgIpc) is 2.60. The Morgan fingerprint density at radius 2 is 2.11 bits per heavy atom. The van der Waals surface area contributed by atoms with E-state index in [0.717, 1.165) is 12.8 Å². The molecule has 1 fully saturated rings. The van der Waals surface area contributed by atoms with Gasteiger partial charge in [-0.2, -0.15) is 0 Å². The lowest BCUT2D eigenvalue weighted by Gasteiger charge is -2.34. The fraction of sp³-hybridized carbons (Fsp3) is 0.450. The number of likely N-dealkylation sites (tertiary alicyclic amines) is 1. The molecule has 3 N–H and O–H groups in total. The topological polar surface area (TPSA) is 102 Å². The molecule has 1 saturated heterocycles. The minimum absolute atomic E-state index is 0.00968. The molecular formula is C20H25FN4O3. The first-order valence-corrected chi connectivity index (χ1v) is 9.24. The molecule has 0 saturated carbocycles. The van der Waals surface area contributed by atoms with Gasteiger partial charge in [-0.15, -0.1) is 0 Å². The number of rotatable bonds is 2. The summed E-state index contributed by atoms with van der Waals surface area (Å²) in [5.41, 5.74) is 6.09. The van der Waals surface area contributed by atoms with Crippen LogP contribution in [0, 0.1) is 5.82 Å². The molecule has 1 amide bonds. The van der Waals surface area contributed by atoms with Gasteiger partial charge in [-0.3, -0.25) is 0 Å². The van der Waals surface area contributed by atoms with E-state index in [9.17, 15) is 14.3 Å². The van der Waals surface area contributed by atoms with Crippen molar-refractivity contribution in [2.24, 2.45) is 0 Å². The Balaban J connectivity index is 1.88. The van der Waals surface area contributed by atoms with Gasteiger partial charge in [-0.1, -0.05) is 6.07 Å². The molecule has 2 aromatic rings. The number of carbonyl (C=O) groups excluding carboxylic acids is 1. The number of hydrogen-bond acceptors (Lipinski definition) is 6. The summed E-state index contributed by atoms with van der Waals surface area (Å²) >= 11 is 0. The molecule has 1 aromatic carbocycles. The summed E-state index contributed by atoms with van der Waals surface area (Å²) in [5, 5.41) is 10.0. The Morgan fingerprint density at radius 1 is 1.36 bits per heavy atom. The molecule has 0 bridgehead atoms. The molecule has 0 radical (unpaired) electrons. The molecule has 7 nitrogen and oxygen atoms in total. The third-order valence-corrected chi connectivity index (χ3v) is 4.50. The Morgan fingerprint density at radius 3 is 2.79 bits per heavy atom. The first-order valence-electron chi connectivity index (χ1n) is 9.24. The van der Waals surface area contributed by atoms with Crippen molar-refractivity contribution in [3.8, 4) is 17.0 Å². The Hall–Kier alpha value is -2.90. The molecule has 1 aliphatic rings. The number of piperidine rings is 1. The third-order valence-electron chi connectivity index (χ3n) is 4.50. The van der Waals surface area contributed by atoms with Crippen molar-refractivity contribution in [1.29, 1.82) is 0 Å². The maximum atomic E-state index is 14.2. The minimum atomic E-state index is -0.594. The van der Waals surface area contributed by atoms with Crippen LogP contribution >= 0.6 is 0 Å². The number of aromatic hydroxyl groups is 1. The van der Waals surface area contributed by atoms with Crippen molar-refractivity contribution in [3.63, 3.8) is 0 Å². The quantitative estimate of drug-likeness (QED) is 0.814. The fourth-order valence-corrected chi connectivity index (χ4v) is 3.30. The van der Waals surface area contributed by atoms with Gasteiger partial charge in [0.1, 0.15) is 17.2 Å². The highest BCUT2D eigenvalue weighted by atomic mass is 19.1. The van der Waals surface area contributed by atoms with Crippen LogP contribution in [0.25, 0.3) is 11.3 Å². The maximum Gasteiger partial charge on any atom is 0.410 e. The number of hydrogen-bond donors (Lipinski definition) is 2. The van der Waals surface area contributed by atoms with Crippen molar-refractivity contribution >= 4 is 12.0 Å². The van der Waals surface area contributed by atoms with Gasteiger partial charge in [0.25, 0.3) is 0 Å². The molecule has 1 atom stereocenters. The zero-order chi connectivity index (χ0) is 20.5. The van der Waals surface area contributed by atoms with Crippen LogP contribution in [0.4, 0.5) is 15.1 Å². The number of amides is 1. The third kappa shape index (κ3) is 4.49. The van der Waals surface area contributed by atoms with E-state index >= 15 is 0 Å². The first-order chi connectivity index (χ1) is 13.1. The molecular weight excluding hydrogens is 363 g/mol. The molecule has 150 valence electrons. The number of phenolic OH excluding ortho intramolecular Hbond substituents is 1. The summed E-state index contributed by atoms with van der Waals surface area (Å²) in [4.78, 5) is 22.4. The van der Waals surface area contributed by atoms with Crippen LogP contribution in [0.5, 0.6) is 5.75 Å². The summed E-state index contributed by atoms with van der Waals surface area (Å²) in [7, 11) is 0. The predicted octanol–water partition coefficient (Wildman–Crippen LogP) is 3.69. The van der Waals surface area contributed by atoms with Gasteiger partial charge in [-0.25, -0.2) is 19.2 Å². The van der Waals surface area contributed by atoms with Gasteiger partial charge in [0, 0.05) is 19.0 Å². The number of nitrogens with two attached hydrogens (primary N) is 1. The molecule has 3 rings (SSSR count). The highest BCUT2D eigenvalue weighted by Crippen LogP contribution is 2.34. The van der Waals surface area contributed by atoms with Gasteiger partial charge in [0.15, 0.2) is 0 Å². The summed E-state index contributed by atoms with van der Waals surface area (Å²) in [6.07, 6.45) is 1.22. The summed E-state index contributed by atoms with van der Waals surface area (Å²) < 4.78 is 19.7. The second kappa shape index (κ2) is 7.61. The van der Waals surface area contributed by atoms with Gasteiger partial charge < -0.3 is 20.5 Å². The van der Waals surface area contributed by atoms with Gasteiger partial charge >= 0.3 is 6.09 Å². The van der Waals surface area contributed by atoms with Crippen LogP contribution in [-0.2, 0) is 4.74 Å². The van der Waals surface area contributed by atoms with Gasteiger partial charge in [0.2, 0.25) is 5.95 Å². The lowest BCUT2D eigenvalue weighted by molar-refractivity contribution is 0.0197. The molecule has 1 aliphatic heterocycles. The largest absolute Gasteiger partial charge is 0.507 e. The standard InChI is InChI=1S/C20H25FN4O3/c1-20(2,3)28-19(27)25-9-5-6-12(11-25)14-10-15(24-18(22)23-14)17-13(21)7-4-8-16(17)26/h4,7-8,10,12,26H,5-6,9,11H2,1-3H3,(H2,22,23,24). The fourth-order valence-electron chi connectivity index (χ4n) is 3.30. The molecule has 0 aliphatic carbocycles. The number of nitrogen functional groups attached to an aromatic ring is 1. The SMILES string of the molecule is CC(C)(C)OC(=O)N1CCCC(c2cc(-c3c(O)cccc3F)nc(N)n2)C1. The van der Waals surface area contributed by atoms with E-state index in [1.165, 1.54) is 18.2 Å². The smallest absolute Gasteiger partial charge is 0.410 e. The molecule has 0 spiro atoms. The van der Waals surface area contributed by atoms with Gasteiger partial charge in [-0.05, 0) is 51.8 Å². The molecule has 1 unspecified atom stereocenters. The van der Waals surface area contributed by atoms with Crippen molar-refractivity contribution in [2.45, 2.75) is 45.1 Å². The second-order valence-corrected chi connectivity index (χ2v) is 7.94. The highest BCUT2D eigenvalue weighted by molar-refractivity contribution is 5.69. The summed E-state index contributed by atoms with van der Waals surface area (Å²) in [5.74, 6) is -0.907. The summed E-state index contributed by atoms with van der Waals surface area (Å²) in [6.45, 7) is 6.50.